The van der Waals surface area contributed by atoms with Gasteiger partial charge in [-0.05, 0) is 0 Å². The maximum absolute atomic E-state index is 11.0. The molecule has 0 atom stereocenters. The van der Waals surface area contributed by atoms with Gasteiger partial charge in [0.1, 0.15) is 13.3 Å². The lowest BCUT2D eigenvalue weighted by Gasteiger charge is -1.91. The SMILES string of the molecule is [CH2]C(=O)OCCF. The zero-order valence-electron chi connectivity index (χ0n) is 3.82. The van der Waals surface area contributed by atoms with Crippen LogP contribution in [0.1, 0.15) is 0 Å². The number of esters is 1. The normalized spacial score (nSPS) is 8.29. The van der Waals surface area contributed by atoms with Crippen molar-refractivity contribution in [2.75, 3.05) is 13.3 Å². The first-order chi connectivity index (χ1) is 3.27. The molecule has 0 aromatic rings. The van der Waals surface area contributed by atoms with Gasteiger partial charge in [0, 0.05) is 0 Å². The lowest BCUT2D eigenvalue weighted by atomic mass is 10.7. The lowest BCUT2D eigenvalue weighted by Crippen LogP contribution is -2.01. The van der Waals surface area contributed by atoms with Crippen molar-refractivity contribution < 1.29 is 13.9 Å². The van der Waals surface area contributed by atoms with Crippen LogP contribution in [0.15, 0.2) is 0 Å². The van der Waals surface area contributed by atoms with Crippen LogP contribution in [0, 0.1) is 6.92 Å². The Labute approximate surface area is 41.3 Å². The fourth-order valence-corrected chi connectivity index (χ4v) is 0.152. The van der Waals surface area contributed by atoms with E-state index in [2.05, 4.69) is 11.7 Å². The third-order valence-corrected chi connectivity index (χ3v) is 0.340. The zero-order valence-corrected chi connectivity index (χ0v) is 3.82. The standard InChI is InChI=1S/C4H6FO2/c1-4(6)7-3-2-5/h1-3H2. The predicted octanol–water partition coefficient (Wildman–Crippen LogP) is 0.333. The molecule has 0 spiro atoms. The summed E-state index contributed by atoms with van der Waals surface area (Å²) in [4.78, 5) is 9.70. The van der Waals surface area contributed by atoms with Crippen LogP contribution in [0.4, 0.5) is 4.39 Å². The van der Waals surface area contributed by atoms with Crippen molar-refractivity contribution in [1.82, 2.24) is 0 Å². The molecule has 0 amide bonds. The number of carbonyl (C=O) groups is 1. The molecule has 0 fully saturated rings. The first kappa shape index (κ1) is 6.40. The van der Waals surface area contributed by atoms with Crippen LogP contribution in [0.25, 0.3) is 0 Å². The quantitative estimate of drug-likeness (QED) is 0.473. The Morgan fingerprint density at radius 3 is 2.57 bits per heavy atom. The number of hydrogen-bond acceptors (Lipinski definition) is 2. The third-order valence-electron chi connectivity index (χ3n) is 0.340. The first-order valence-corrected chi connectivity index (χ1v) is 1.82. The van der Waals surface area contributed by atoms with Crippen LogP contribution in [0.5, 0.6) is 0 Å². The highest BCUT2D eigenvalue weighted by atomic mass is 19.1. The summed E-state index contributed by atoms with van der Waals surface area (Å²) in [5, 5.41) is 0. The van der Waals surface area contributed by atoms with Crippen LogP contribution in [0.2, 0.25) is 0 Å². The second-order valence-electron chi connectivity index (χ2n) is 0.909. The van der Waals surface area contributed by atoms with E-state index in [1.165, 1.54) is 0 Å². The molecule has 0 aromatic heterocycles. The minimum absolute atomic E-state index is 0.178. The van der Waals surface area contributed by atoms with E-state index in [4.69, 9.17) is 0 Å². The van der Waals surface area contributed by atoms with Crippen LogP contribution in [0.3, 0.4) is 0 Å². The van der Waals surface area contributed by atoms with Crippen molar-refractivity contribution in [2.24, 2.45) is 0 Å². The van der Waals surface area contributed by atoms with E-state index in [0.29, 0.717) is 0 Å². The van der Waals surface area contributed by atoms with Gasteiger partial charge in [0.2, 0.25) is 0 Å². The Hall–Kier alpha value is -0.600. The highest BCUT2D eigenvalue weighted by Crippen LogP contribution is 1.74. The van der Waals surface area contributed by atoms with Gasteiger partial charge in [0.05, 0.1) is 6.92 Å². The molecule has 0 rings (SSSR count). The molecule has 0 aliphatic heterocycles. The summed E-state index contributed by atoms with van der Waals surface area (Å²) < 4.78 is 15.1. The predicted molar refractivity (Wildman–Crippen MR) is 22.3 cm³/mol. The number of ether oxygens (including phenoxy) is 1. The molecule has 0 saturated heterocycles. The minimum atomic E-state index is -0.683. The molecule has 0 aliphatic rings. The smallest absolute Gasteiger partial charge is 0.306 e. The van der Waals surface area contributed by atoms with Gasteiger partial charge in [-0.25, -0.2) is 4.39 Å². The van der Waals surface area contributed by atoms with Gasteiger partial charge in [0.25, 0.3) is 0 Å². The number of rotatable bonds is 2. The molecule has 0 saturated carbocycles. The van der Waals surface area contributed by atoms with Crippen molar-refractivity contribution in [3.63, 3.8) is 0 Å². The highest BCUT2D eigenvalue weighted by molar-refractivity contribution is 5.73. The molecular weight excluding hydrogens is 99.0 g/mol. The summed E-state index contributed by atoms with van der Waals surface area (Å²) in [7, 11) is 0. The molecule has 2 nitrogen and oxygen atoms in total. The molecule has 41 valence electrons. The molecule has 0 aliphatic carbocycles. The fraction of sp³-hybridized carbons (Fsp3) is 0.500. The van der Waals surface area contributed by atoms with Gasteiger partial charge in [0.15, 0.2) is 0 Å². The Balaban J connectivity index is 2.82. The Bertz CT molecular complexity index is 62.7. The number of carbonyl (C=O) groups excluding carboxylic acids is 1. The Morgan fingerprint density at radius 1 is 1.86 bits per heavy atom. The average Bonchev–Trinajstić information content (AvgIpc) is 1.61. The second kappa shape index (κ2) is 3.59. The van der Waals surface area contributed by atoms with E-state index in [-0.39, 0.29) is 6.61 Å². The van der Waals surface area contributed by atoms with Gasteiger partial charge in [-0.3, -0.25) is 4.79 Å². The monoisotopic (exact) mass is 105 g/mol. The summed E-state index contributed by atoms with van der Waals surface area (Å²) >= 11 is 0. The summed E-state index contributed by atoms with van der Waals surface area (Å²) in [5.41, 5.74) is 0. The van der Waals surface area contributed by atoms with Gasteiger partial charge in [-0.15, -0.1) is 0 Å². The number of hydrogen-bond donors (Lipinski definition) is 0. The molecule has 0 aromatic carbocycles. The molecule has 7 heavy (non-hydrogen) atoms. The number of halogens is 1. The van der Waals surface area contributed by atoms with Gasteiger partial charge in [-0.1, -0.05) is 0 Å². The second-order valence-corrected chi connectivity index (χ2v) is 0.909. The maximum Gasteiger partial charge on any atom is 0.306 e. The van der Waals surface area contributed by atoms with E-state index in [0.717, 1.165) is 0 Å². The molecule has 0 unspecified atom stereocenters. The van der Waals surface area contributed by atoms with Crippen LogP contribution in [-0.4, -0.2) is 19.3 Å². The zero-order chi connectivity index (χ0) is 5.70. The van der Waals surface area contributed by atoms with E-state index in [9.17, 15) is 9.18 Å². The molecule has 0 heterocycles. The molecular formula is C4H6FO2. The summed E-state index contributed by atoms with van der Waals surface area (Å²) in [6, 6.07) is 0. The largest absolute Gasteiger partial charge is 0.463 e. The van der Waals surface area contributed by atoms with Crippen molar-refractivity contribution in [2.45, 2.75) is 0 Å². The fourth-order valence-electron chi connectivity index (χ4n) is 0.152. The highest BCUT2D eigenvalue weighted by Gasteiger charge is 1.87. The topological polar surface area (TPSA) is 26.3 Å². The maximum atomic E-state index is 11.0. The summed E-state index contributed by atoms with van der Waals surface area (Å²) in [5.74, 6) is -0.683. The van der Waals surface area contributed by atoms with Crippen LogP contribution < -0.4 is 0 Å². The molecule has 0 N–H and O–H groups in total. The molecule has 1 radical (unpaired) electrons. The Morgan fingerprint density at radius 2 is 2.43 bits per heavy atom. The minimum Gasteiger partial charge on any atom is -0.463 e. The van der Waals surface area contributed by atoms with Crippen molar-refractivity contribution in [3.05, 3.63) is 6.92 Å². The lowest BCUT2D eigenvalue weighted by molar-refractivity contribution is -0.138. The van der Waals surface area contributed by atoms with Gasteiger partial charge in [-0.2, -0.15) is 0 Å². The van der Waals surface area contributed by atoms with E-state index in [1.54, 1.807) is 0 Å². The first-order valence-electron chi connectivity index (χ1n) is 1.82. The van der Waals surface area contributed by atoms with Crippen LogP contribution in [-0.2, 0) is 9.53 Å². The third kappa shape index (κ3) is 5.40. The average molecular weight is 105 g/mol. The van der Waals surface area contributed by atoms with Crippen molar-refractivity contribution in [3.8, 4) is 0 Å². The van der Waals surface area contributed by atoms with E-state index >= 15 is 0 Å². The van der Waals surface area contributed by atoms with E-state index in [1.807, 2.05) is 0 Å². The van der Waals surface area contributed by atoms with Gasteiger partial charge < -0.3 is 4.74 Å². The van der Waals surface area contributed by atoms with Gasteiger partial charge >= 0.3 is 5.97 Å². The number of alkyl halides is 1. The molecule has 0 bridgehead atoms. The van der Waals surface area contributed by atoms with Crippen LogP contribution >= 0.6 is 0 Å². The summed E-state index contributed by atoms with van der Waals surface area (Å²) in [6.45, 7) is 2.03. The van der Waals surface area contributed by atoms with Crippen molar-refractivity contribution >= 4 is 5.97 Å². The van der Waals surface area contributed by atoms with E-state index < -0.39 is 12.6 Å². The molecule has 3 heteroatoms. The summed E-state index contributed by atoms with van der Waals surface area (Å²) in [6.07, 6.45) is 0. The Kier molecular flexibility index (Phi) is 3.28. The van der Waals surface area contributed by atoms with Crippen molar-refractivity contribution in [1.29, 1.82) is 0 Å².